The van der Waals surface area contributed by atoms with Crippen molar-refractivity contribution in [3.63, 3.8) is 0 Å². The number of aromatic nitrogens is 2. The van der Waals surface area contributed by atoms with Crippen LogP contribution in [0.1, 0.15) is 18.7 Å². The summed E-state index contributed by atoms with van der Waals surface area (Å²) in [6.07, 6.45) is -4.44. The number of hydrogen-bond donors (Lipinski definition) is 0. The topological polar surface area (TPSA) is 17.8 Å². The van der Waals surface area contributed by atoms with Gasteiger partial charge in [0.2, 0.25) is 0 Å². The Labute approximate surface area is 124 Å². The van der Waals surface area contributed by atoms with E-state index in [0.717, 1.165) is 5.52 Å². The van der Waals surface area contributed by atoms with Crippen LogP contribution in [0.3, 0.4) is 0 Å². The van der Waals surface area contributed by atoms with E-state index in [4.69, 9.17) is 23.2 Å². The zero-order valence-corrected chi connectivity index (χ0v) is 12.1. The molecule has 0 atom stereocenters. The lowest BCUT2D eigenvalue weighted by Crippen LogP contribution is -2.11. The SMILES string of the molecule is FC(F)(F)CCCn1c(CCCl)nc2c(Cl)cccc21. The van der Waals surface area contributed by atoms with Crippen molar-refractivity contribution in [2.75, 3.05) is 5.88 Å². The van der Waals surface area contributed by atoms with Crippen LogP contribution in [0.25, 0.3) is 11.0 Å². The lowest BCUT2D eigenvalue weighted by molar-refractivity contribution is -0.135. The summed E-state index contributed by atoms with van der Waals surface area (Å²) in [4.78, 5) is 4.38. The smallest absolute Gasteiger partial charge is 0.328 e. The molecule has 0 fully saturated rings. The molecule has 0 radical (unpaired) electrons. The number of rotatable bonds is 5. The zero-order valence-electron chi connectivity index (χ0n) is 10.6. The number of alkyl halides is 4. The minimum absolute atomic E-state index is 0.0107. The molecule has 2 nitrogen and oxygen atoms in total. The van der Waals surface area contributed by atoms with Crippen molar-refractivity contribution in [2.45, 2.75) is 32.0 Å². The van der Waals surface area contributed by atoms with Crippen LogP contribution in [0.4, 0.5) is 13.2 Å². The molecule has 20 heavy (non-hydrogen) atoms. The Hall–Kier alpha value is -0.940. The highest BCUT2D eigenvalue weighted by atomic mass is 35.5. The standard InChI is InChI=1S/C13H13Cl2F3N2/c14-7-5-11-19-12-9(15)3-1-4-10(12)20(11)8-2-6-13(16,17)18/h1,3-4H,2,5-8H2. The summed E-state index contributed by atoms with van der Waals surface area (Å²) >= 11 is 11.8. The van der Waals surface area contributed by atoms with Crippen LogP contribution in [0.2, 0.25) is 5.02 Å². The largest absolute Gasteiger partial charge is 0.389 e. The maximum atomic E-state index is 12.2. The second-order valence-electron chi connectivity index (χ2n) is 4.44. The number of nitrogens with zero attached hydrogens (tertiary/aromatic N) is 2. The summed E-state index contributed by atoms with van der Waals surface area (Å²) in [6.45, 7) is 0.253. The average Bonchev–Trinajstić information content (AvgIpc) is 2.69. The van der Waals surface area contributed by atoms with Gasteiger partial charge >= 0.3 is 6.18 Å². The molecule has 0 saturated carbocycles. The van der Waals surface area contributed by atoms with Crippen molar-refractivity contribution >= 4 is 34.2 Å². The van der Waals surface area contributed by atoms with Crippen molar-refractivity contribution in [1.29, 1.82) is 0 Å². The molecular weight excluding hydrogens is 312 g/mol. The maximum Gasteiger partial charge on any atom is 0.389 e. The van der Waals surface area contributed by atoms with Crippen molar-refractivity contribution < 1.29 is 13.2 Å². The quantitative estimate of drug-likeness (QED) is 0.721. The highest BCUT2D eigenvalue weighted by Crippen LogP contribution is 2.26. The normalized spacial score (nSPS) is 12.2. The van der Waals surface area contributed by atoms with Crippen molar-refractivity contribution in [1.82, 2.24) is 9.55 Å². The molecule has 0 aliphatic heterocycles. The van der Waals surface area contributed by atoms with Crippen LogP contribution >= 0.6 is 23.2 Å². The molecule has 2 aromatic rings. The van der Waals surface area contributed by atoms with E-state index >= 15 is 0 Å². The highest BCUT2D eigenvalue weighted by Gasteiger charge is 2.26. The number of fused-ring (bicyclic) bond motifs is 1. The third kappa shape index (κ3) is 3.58. The molecule has 2 rings (SSSR count). The van der Waals surface area contributed by atoms with Gasteiger partial charge in [-0.3, -0.25) is 0 Å². The molecule has 0 aliphatic carbocycles. The summed E-state index contributed by atoms with van der Waals surface area (Å²) in [6, 6.07) is 5.28. The van der Waals surface area contributed by atoms with E-state index in [9.17, 15) is 13.2 Å². The van der Waals surface area contributed by atoms with Crippen LogP contribution in [0.15, 0.2) is 18.2 Å². The average molecular weight is 325 g/mol. The Morgan fingerprint density at radius 1 is 1.25 bits per heavy atom. The van der Waals surface area contributed by atoms with Gasteiger partial charge in [-0.2, -0.15) is 13.2 Å². The fourth-order valence-electron chi connectivity index (χ4n) is 2.12. The molecule has 0 N–H and O–H groups in total. The van der Waals surface area contributed by atoms with Crippen LogP contribution in [-0.4, -0.2) is 21.6 Å². The lowest BCUT2D eigenvalue weighted by atomic mass is 10.2. The van der Waals surface area contributed by atoms with Gasteiger partial charge in [-0.1, -0.05) is 17.7 Å². The second-order valence-corrected chi connectivity index (χ2v) is 5.23. The first-order chi connectivity index (χ1) is 9.42. The Bertz CT molecular complexity index is 593. The van der Waals surface area contributed by atoms with E-state index < -0.39 is 12.6 Å². The summed E-state index contributed by atoms with van der Waals surface area (Å²) < 4.78 is 38.5. The number of aryl methyl sites for hydroxylation is 2. The molecule has 0 saturated heterocycles. The molecule has 0 unspecified atom stereocenters. The molecule has 0 amide bonds. The van der Waals surface area contributed by atoms with Gasteiger partial charge in [0.25, 0.3) is 0 Å². The van der Waals surface area contributed by atoms with Crippen molar-refractivity contribution in [3.8, 4) is 0 Å². The van der Waals surface area contributed by atoms with Crippen molar-refractivity contribution in [2.24, 2.45) is 0 Å². The van der Waals surface area contributed by atoms with E-state index in [0.29, 0.717) is 28.7 Å². The fourth-order valence-corrected chi connectivity index (χ4v) is 2.50. The summed E-state index contributed by atoms with van der Waals surface area (Å²) in [5, 5.41) is 0.493. The van der Waals surface area contributed by atoms with E-state index in [1.54, 1.807) is 22.8 Å². The van der Waals surface area contributed by atoms with Gasteiger partial charge in [-0.25, -0.2) is 4.98 Å². The molecule has 1 heterocycles. The number of benzene rings is 1. The summed E-state index contributed by atoms with van der Waals surface area (Å²) in [5.74, 6) is 1.03. The number of imidazole rings is 1. The molecule has 1 aromatic carbocycles. The van der Waals surface area contributed by atoms with E-state index in [1.807, 2.05) is 0 Å². The summed E-state index contributed by atoms with van der Waals surface area (Å²) in [5.41, 5.74) is 1.36. The number of hydrogen-bond acceptors (Lipinski definition) is 1. The van der Waals surface area contributed by atoms with Gasteiger partial charge in [0.05, 0.1) is 10.5 Å². The Kier molecular flexibility index (Phi) is 4.81. The fraction of sp³-hybridized carbons (Fsp3) is 0.462. The minimum Gasteiger partial charge on any atom is -0.328 e. The second kappa shape index (κ2) is 6.22. The van der Waals surface area contributed by atoms with E-state index in [-0.39, 0.29) is 13.0 Å². The van der Waals surface area contributed by atoms with Crippen LogP contribution in [0, 0.1) is 0 Å². The number of halogens is 5. The third-order valence-electron chi connectivity index (χ3n) is 2.97. The first-order valence-electron chi connectivity index (χ1n) is 6.18. The molecule has 1 aromatic heterocycles. The van der Waals surface area contributed by atoms with Gasteiger partial charge in [-0.15, -0.1) is 11.6 Å². The van der Waals surface area contributed by atoms with Crippen LogP contribution < -0.4 is 0 Å². The van der Waals surface area contributed by atoms with Gasteiger partial charge in [0, 0.05) is 25.3 Å². The summed E-state index contributed by atoms with van der Waals surface area (Å²) in [7, 11) is 0. The van der Waals surface area contributed by atoms with E-state index in [1.165, 1.54) is 0 Å². The Morgan fingerprint density at radius 3 is 2.65 bits per heavy atom. The number of para-hydroxylation sites is 1. The lowest BCUT2D eigenvalue weighted by Gasteiger charge is -2.10. The highest BCUT2D eigenvalue weighted by molar-refractivity contribution is 6.34. The zero-order chi connectivity index (χ0) is 14.8. The molecule has 7 heteroatoms. The Morgan fingerprint density at radius 2 is 2.00 bits per heavy atom. The monoisotopic (exact) mass is 324 g/mol. The predicted octanol–water partition coefficient (Wildman–Crippen LogP) is 4.81. The first-order valence-corrected chi connectivity index (χ1v) is 7.10. The van der Waals surface area contributed by atoms with Gasteiger partial charge < -0.3 is 4.57 Å². The molecule has 110 valence electrons. The molecule has 0 bridgehead atoms. The Balaban J connectivity index is 2.29. The molecule has 0 spiro atoms. The van der Waals surface area contributed by atoms with Crippen LogP contribution in [0.5, 0.6) is 0 Å². The third-order valence-corrected chi connectivity index (χ3v) is 3.46. The van der Waals surface area contributed by atoms with Gasteiger partial charge in [-0.05, 0) is 18.6 Å². The van der Waals surface area contributed by atoms with Crippen LogP contribution in [-0.2, 0) is 13.0 Å². The van der Waals surface area contributed by atoms with Gasteiger partial charge in [0.15, 0.2) is 0 Å². The molecular formula is C13H13Cl2F3N2. The predicted molar refractivity (Wildman–Crippen MR) is 74.5 cm³/mol. The van der Waals surface area contributed by atoms with Crippen molar-refractivity contribution in [3.05, 3.63) is 29.0 Å². The maximum absolute atomic E-state index is 12.2. The molecule has 0 aliphatic rings. The van der Waals surface area contributed by atoms with E-state index in [2.05, 4.69) is 4.98 Å². The first kappa shape index (κ1) is 15.4. The minimum atomic E-state index is -4.14. The van der Waals surface area contributed by atoms with Gasteiger partial charge in [0.1, 0.15) is 11.3 Å².